The van der Waals surface area contributed by atoms with Gasteiger partial charge in [0.1, 0.15) is 10.1 Å². The van der Waals surface area contributed by atoms with Crippen molar-refractivity contribution in [1.29, 1.82) is 0 Å². The molecule has 0 N–H and O–H groups in total. The second-order valence-electron chi connectivity index (χ2n) is 3.08. The van der Waals surface area contributed by atoms with Crippen LogP contribution in [-0.2, 0) is 16.5 Å². The van der Waals surface area contributed by atoms with E-state index in [1.54, 1.807) is 12.1 Å². The maximum Gasteiger partial charge on any atom is 1.00 e. The fourth-order valence-electron chi connectivity index (χ4n) is 1.12. The normalized spacial score (nSPS) is 13.0. The maximum absolute atomic E-state index is 10.6. The van der Waals surface area contributed by atoms with Crippen LogP contribution in [0.1, 0.15) is 12.5 Å². The van der Waals surface area contributed by atoms with Crippen molar-refractivity contribution in [2.24, 2.45) is 0 Å². The molecule has 0 aromatic heterocycles. The van der Waals surface area contributed by atoms with E-state index in [2.05, 4.69) is 29.5 Å². The standard InChI is InChI=1S/C9H11IO3S.K/c1-7(10)6-8-2-4-9(5-3-8)14(11,12)13;/h2-5,7H,6H2,1H3,(H,11,12,13);/q;+1/p-1. The summed E-state index contributed by atoms with van der Waals surface area (Å²) in [4.78, 5) is -0.164. The Morgan fingerprint density at radius 3 is 2.13 bits per heavy atom. The molecule has 1 aromatic rings. The van der Waals surface area contributed by atoms with Crippen molar-refractivity contribution in [2.45, 2.75) is 22.2 Å². The van der Waals surface area contributed by atoms with Crippen molar-refractivity contribution in [3.63, 3.8) is 0 Å². The van der Waals surface area contributed by atoms with Gasteiger partial charge < -0.3 is 4.55 Å². The van der Waals surface area contributed by atoms with Gasteiger partial charge in [0.2, 0.25) is 0 Å². The van der Waals surface area contributed by atoms with Gasteiger partial charge in [0.15, 0.2) is 0 Å². The molecule has 0 spiro atoms. The van der Waals surface area contributed by atoms with Crippen LogP contribution in [-0.4, -0.2) is 16.9 Å². The Morgan fingerprint density at radius 2 is 1.80 bits per heavy atom. The van der Waals surface area contributed by atoms with E-state index in [1.165, 1.54) is 12.1 Å². The zero-order valence-electron chi connectivity index (χ0n) is 8.60. The van der Waals surface area contributed by atoms with Gasteiger partial charge in [0, 0.05) is 3.92 Å². The van der Waals surface area contributed by atoms with Crippen LogP contribution in [0.2, 0.25) is 0 Å². The average molecular weight is 364 g/mol. The Kier molecular flexibility index (Phi) is 7.75. The smallest absolute Gasteiger partial charge is 0.744 e. The minimum atomic E-state index is -4.30. The minimum Gasteiger partial charge on any atom is -0.744 e. The van der Waals surface area contributed by atoms with Crippen molar-refractivity contribution >= 4 is 32.7 Å². The van der Waals surface area contributed by atoms with Crippen LogP contribution < -0.4 is 51.4 Å². The zero-order valence-corrected chi connectivity index (χ0v) is 14.7. The summed E-state index contributed by atoms with van der Waals surface area (Å²) in [6, 6.07) is 6.08. The summed E-state index contributed by atoms with van der Waals surface area (Å²) in [5.74, 6) is 0. The largest absolute Gasteiger partial charge is 1.00 e. The van der Waals surface area contributed by atoms with E-state index < -0.39 is 10.1 Å². The van der Waals surface area contributed by atoms with E-state index in [0.29, 0.717) is 3.92 Å². The summed E-state index contributed by atoms with van der Waals surface area (Å²) in [5, 5.41) is 0. The summed E-state index contributed by atoms with van der Waals surface area (Å²) in [7, 11) is -4.30. The van der Waals surface area contributed by atoms with Crippen LogP contribution in [0.5, 0.6) is 0 Å². The first-order valence-electron chi connectivity index (χ1n) is 4.08. The molecule has 0 saturated heterocycles. The van der Waals surface area contributed by atoms with Crippen molar-refractivity contribution in [1.82, 2.24) is 0 Å². The first-order valence-corrected chi connectivity index (χ1v) is 6.74. The molecule has 1 rings (SSSR count). The van der Waals surface area contributed by atoms with Gasteiger partial charge in [-0.05, 0) is 24.1 Å². The van der Waals surface area contributed by atoms with Crippen LogP contribution in [0, 0.1) is 0 Å². The molecular formula is C9H10IKO3S. The minimum absolute atomic E-state index is 0. The quantitative estimate of drug-likeness (QED) is 0.298. The number of alkyl halides is 1. The Bertz CT molecular complexity index is 400. The third-order valence-electron chi connectivity index (χ3n) is 1.73. The molecule has 78 valence electrons. The van der Waals surface area contributed by atoms with E-state index in [4.69, 9.17) is 0 Å². The van der Waals surface area contributed by atoms with Gasteiger partial charge >= 0.3 is 51.4 Å². The Balaban J connectivity index is 0.00000196. The van der Waals surface area contributed by atoms with E-state index in [9.17, 15) is 13.0 Å². The SMILES string of the molecule is CC(I)Cc1ccc(S(=O)(=O)[O-])cc1.[K+]. The van der Waals surface area contributed by atoms with Crippen LogP contribution in [0.3, 0.4) is 0 Å². The van der Waals surface area contributed by atoms with Gasteiger partial charge in [-0.1, -0.05) is 41.6 Å². The third kappa shape index (κ3) is 6.11. The molecule has 0 saturated carbocycles. The van der Waals surface area contributed by atoms with Gasteiger partial charge in [0.25, 0.3) is 0 Å². The van der Waals surface area contributed by atoms with Crippen LogP contribution in [0.4, 0.5) is 0 Å². The molecule has 0 fully saturated rings. The van der Waals surface area contributed by atoms with Crippen LogP contribution in [0.15, 0.2) is 29.2 Å². The van der Waals surface area contributed by atoms with E-state index >= 15 is 0 Å². The molecule has 1 unspecified atom stereocenters. The van der Waals surface area contributed by atoms with Crippen LogP contribution in [0.25, 0.3) is 0 Å². The number of hydrogen-bond donors (Lipinski definition) is 0. The Labute approximate surface area is 146 Å². The molecular weight excluding hydrogens is 354 g/mol. The molecule has 0 aliphatic rings. The summed E-state index contributed by atoms with van der Waals surface area (Å²) in [6.07, 6.45) is 0.875. The van der Waals surface area contributed by atoms with Crippen LogP contribution >= 0.6 is 22.6 Å². The van der Waals surface area contributed by atoms with E-state index in [1.807, 2.05) is 0 Å². The van der Waals surface area contributed by atoms with Crippen molar-refractivity contribution in [2.75, 3.05) is 0 Å². The maximum atomic E-state index is 10.6. The first kappa shape index (κ1) is 16.5. The average Bonchev–Trinajstić information content (AvgIpc) is 2.02. The second kappa shape index (κ2) is 7.05. The predicted octanol–water partition coefficient (Wildman–Crippen LogP) is -1.04. The van der Waals surface area contributed by atoms with Crippen molar-refractivity contribution in [3.8, 4) is 0 Å². The predicted molar refractivity (Wildman–Crippen MR) is 61.6 cm³/mol. The summed E-state index contributed by atoms with van der Waals surface area (Å²) < 4.78 is 32.3. The van der Waals surface area contributed by atoms with Gasteiger partial charge in [-0.25, -0.2) is 8.42 Å². The van der Waals surface area contributed by atoms with E-state index in [0.717, 1.165) is 12.0 Å². The number of hydrogen-bond acceptors (Lipinski definition) is 3. The summed E-state index contributed by atoms with van der Waals surface area (Å²) in [5.41, 5.74) is 1.04. The fourth-order valence-corrected chi connectivity index (χ4v) is 2.09. The molecule has 1 atom stereocenters. The van der Waals surface area contributed by atoms with Gasteiger partial charge in [0.05, 0.1) is 4.90 Å². The monoisotopic (exact) mass is 364 g/mol. The molecule has 15 heavy (non-hydrogen) atoms. The zero-order chi connectivity index (χ0) is 10.8. The molecule has 3 nitrogen and oxygen atoms in total. The Morgan fingerprint density at radius 1 is 1.33 bits per heavy atom. The second-order valence-corrected chi connectivity index (χ2v) is 6.59. The number of benzene rings is 1. The topological polar surface area (TPSA) is 57.2 Å². The third-order valence-corrected chi connectivity index (χ3v) is 3.02. The number of halogens is 1. The van der Waals surface area contributed by atoms with Gasteiger partial charge in [-0.3, -0.25) is 0 Å². The Hall–Kier alpha value is 1.50. The molecule has 0 amide bonds. The first-order chi connectivity index (χ1) is 6.39. The van der Waals surface area contributed by atoms with Crippen molar-refractivity contribution in [3.05, 3.63) is 29.8 Å². The molecule has 0 radical (unpaired) electrons. The molecule has 0 aliphatic carbocycles. The van der Waals surface area contributed by atoms with Gasteiger partial charge in [-0.2, -0.15) is 0 Å². The molecule has 0 heterocycles. The molecule has 6 heteroatoms. The molecule has 0 aliphatic heterocycles. The number of rotatable bonds is 3. The molecule has 1 aromatic carbocycles. The molecule has 0 bridgehead atoms. The van der Waals surface area contributed by atoms with E-state index in [-0.39, 0.29) is 56.3 Å². The fraction of sp³-hybridized carbons (Fsp3) is 0.333. The van der Waals surface area contributed by atoms with Gasteiger partial charge in [-0.15, -0.1) is 0 Å². The summed E-state index contributed by atoms with van der Waals surface area (Å²) in [6.45, 7) is 2.07. The summed E-state index contributed by atoms with van der Waals surface area (Å²) >= 11 is 2.29. The van der Waals surface area contributed by atoms with Crippen molar-refractivity contribution < 1.29 is 64.4 Å².